The number of aryl methyl sites for hydroxylation is 1. The Morgan fingerprint density at radius 2 is 1.61 bits per heavy atom. The molecule has 1 atom stereocenters. The van der Waals surface area contributed by atoms with E-state index in [4.69, 9.17) is 5.11 Å². The fourth-order valence-electron chi connectivity index (χ4n) is 2.96. The Labute approximate surface area is 172 Å². The first kappa shape index (κ1) is 24.3. The number of aromatic amines is 1. The van der Waals surface area contributed by atoms with Gasteiger partial charge in [0.25, 0.3) is 0 Å². The molecule has 0 fully saturated rings. The van der Waals surface area contributed by atoms with Gasteiger partial charge < -0.3 is 15.2 Å². The highest BCUT2D eigenvalue weighted by Crippen LogP contribution is 2.23. The highest BCUT2D eigenvalue weighted by molar-refractivity contribution is 8.00. The third-order valence-electron chi connectivity index (χ3n) is 4.59. The largest absolute Gasteiger partial charge is 0.480 e. The first-order valence-corrected chi connectivity index (χ1v) is 11.2. The van der Waals surface area contributed by atoms with Crippen LogP contribution in [0.1, 0.15) is 93.7 Å². The van der Waals surface area contributed by atoms with Gasteiger partial charge in [-0.25, -0.2) is 9.78 Å². The van der Waals surface area contributed by atoms with Gasteiger partial charge in [-0.3, -0.25) is 4.79 Å². The van der Waals surface area contributed by atoms with E-state index in [0.29, 0.717) is 10.9 Å². The van der Waals surface area contributed by atoms with Gasteiger partial charge in [0.15, 0.2) is 5.16 Å². The summed E-state index contributed by atoms with van der Waals surface area (Å²) in [5.41, 5.74) is 0.356. The summed E-state index contributed by atoms with van der Waals surface area (Å²) in [6.45, 7) is 3.82. The zero-order chi connectivity index (χ0) is 20.8. The lowest BCUT2D eigenvalue weighted by molar-refractivity contribution is -0.135. The van der Waals surface area contributed by atoms with Crippen LogP contribution < -0.4 is 0 Å². The number of thioether (sulfide) groups is 1. The zero-order valence-electron chi connectivity index (χ0n) is 17.1. The van der Waals surface area contributed by atoms with E-state index in [2.05, 4.69) is 16.9 Å². The molecule has 158 valence electrons. The molecule has 1 aromatic rings. The average molecular weight is 411 g/mol. The van der Waals surface area contributed by atoms with E-state index < -0.39 is 17.2 Å². The summed E-state index contributed by atoms with van der Waals surface area (Å²) >= 11 is 1.02. The van der Waals surface area contributed by atoms with Crippen LogP contribution in [0.25, 0.3) is 0 Å². The van der Waals surface area contributed by atoms with Crippen LogP contribution in [0.4, 0.5) is 0 Å². The number of aromatic carboxylic acids is 1. The first-order valence-electron chi connectivity index (χ1n) is 10.3. The second-order valence-electron chi connectivity index (χ2n) is 7.08. The van der Waals surface area contributed by atoms with Gasteiger partial charge in [-0.05, 0) is 19.8 Å². The molecule has 6 nitrogen and oxygen atoms in total. The lowest BCUT2D eigenvalue weighted by Crippen LogP contribution is -2.13. The van der Waals surface area contributed by atoms with Crippen molar-refractivity contribution in [2.24, 2.45) is 0 Å². The molecule has 7 heteroatoms. The highest BCUT2D eigenvalue weighted by atomic mass is 32.2. The Morgan fingerprint density at radius 3 is 2.11 bits per heavy atom. The van der Waals surface area contributed by atoms with Gasteiger partial charge in [0.2, 0.25) is 0 Å². The third-order valence-corrected chi connectivity index (χ3v) is 5.62. The number of aromatic nitrogens is 2. The van der Waals surface area contributed by atoms with Crippen LogP contribution in [-0.4, -0.2) is 37.4 Å². The number of aliphatic carboxylic acids is 1. The molecule has 0 saturated heterocycles. The van der Waals surface area contributed by atoms with Gasteiger partial charge in [-0.15, -0.1) is 0 Å². The van der Waals surface area contributed by atoms with Crippen LogP contribution in [0.2, 0.25) is 0 Å². The molecular formula is C21H34N2O4S. The van der Waals surface area contributed by atoms with Gasteiger partial charge in [-0.1, -0.05) is 88.6 Å². The summed E-state index contributed by atoms with van der Waals surface area (Å²) in [5, 5.41) is 17.9. The number of unbranched alkanes of at least 4 members (excludes halogenated alkanes) is 10. The summed E-state index contributed by atoms with van der Waals surface area (Å²) in [6.07, 6.45) is 17.2. The van der Waals surface area contributed by atoms with Crippen LogP contribution in [0.5, 0.6) is 0 Å². The van der Waals surface area contributed by atoms with Crippen molar-refractivity contribution < 1.29 is 19.8 Å². The standard InChI is InChI=1S/C21H34N2O4S/c1-3-4-5-6-7-8-9-10-11-12-13-14-15-17(19(24)25)28-21-22-16(2)18(23-21)20(26)27/h14-15,17H,3-13H2,1-2H3,(H,22,23)(H,24,25)(H,26,27)/b15-14-. The summed E-state index contributed by atoms with van der Waals surface area (Å²) in [6, 6.07) is 0. The molecular weight excluding hydrogens is 376 g/mol. The Morgan fingerprint density at radius 1 is 1.04 bits per heavy atom. The minimum atomic E-state index is -1.10. The van der Waals surface area contributed by atoms with Crippen molar-refractivity contribution >= 4 is 23.7 Å². The summed E-state index contributed by atoms with van der Waals surface area (Å²) in [4.78, 5) is 29.2. The predicted molar refractivity (Wildman–Crippen MR) is 113 cm³/mol. The normalized spacial score (nSPS) is 12.5. The number of nitrogens with one attached hydrogen (secondary N) is 1. The minimum Gasteiger partial charge on any atom is -0.480 e. The lowest BCUT2D eigenvalue weighted by atomic mass is 10.1. The minimum absolute atomic E-state index is 0.000909. The number of carbonyl (C=O) groups is 2. The molecule has 0 spiro atoms. The van der Waals surface area contributed by atoms with E-state index in [0.717, 1.165) is 24.6 Å². The molecule has 1 aromatic heterocycles. The Bertz CT molecular complexity index is 628. The number of carboxylic acid groups (broad SMARTS) is 2. The summed E-state index contributed by atoms with van der Waals surface area (Å²) in [5.74, 6) is -2.06. The number of nitrogens with zero attached hydrogens (tertiary/aromatic N) is 1. The lowest BCUT2D eigenvalue weighted by Gasteiger charge is -2.05. The number of H-pyrrole nitrogens is 1. The fraction of sp³-hybridized carbons (Fsp3) is 0.667. The Hall–Kier alpha value is -1.76. The number of carboxylic acids is 2. The van der Waals surface area contributed by atoms with Crippen LogP contribution in [0.15, 0.2) is 17.3 Å². The Balaban J connectivity index is 2.24. The Kier molecular flexibility index (Phi) is 12.4. The number of hydrogen-bond acceptors (Lipinski definition) is 4. The van der Waals surface area contributed by atoms with Crippen molar-refractivity contribution in [2.75, 3.05) is 0 Å². The van der Waals surface area contributed by atoms with Crippen LogP contribution in [0.3, 0.4) is 0 Å². The molecule has 1 heterocycles. The summed E-state index contributed by atoms with van der Waals surface area (Å²) < 4.78 is 0. The molecule has 0 radical (unpaired) electrons. The molecule has 0 amide bonds. The SMILES string of the molecule is CCCCCCCCCCCC/C=C\C(Sc1nc(C)c(C(=O)O)[nH]1)C(=O)O. The van der Waals surface area contributed by atoms with Crippen LogP contribution in [-0.2, 0) is 4.79 Å². The molecule has 0 aliphatic rings. The van der Waals surface area contributed by atoms with Crippen LogP contribution in [0, 0.1) is 6.92 Å². The second kappa shape index (κ2) is 14.3. The zero-order valence-corrected chi connectivity index (χ0v) is 17.9. The number of hydrogen-bond donors (Lipinski definition) is 3. The monoisotopic (exact) mass is 410 g/mol. The topological polar surface area (TPSA) is 103 Å². The first-order chi connectivity index (χ1) is 13.5. The van der Waals surface area contributed by atoms with E-state index in [-0.39, 0.29) is 5.69 Å². The molecule has 0 saturated carbocycles. The molecule has 1 rings (SSSR count). The molecule has 1 unspecified atom stereocenters. The van der Waals surface area contributed by atoms with E-state index >= 15 is 0 Å². The maximum Gasteiger partial charge on any atom is 0.354 e. The third kappa shape index (κ3) is 9.97. The molecule has 0 aromatic carbocycles. The molecule has 0 aliphatic carbocycles. The maximum atomic E-state index is 11.4. The number of rotatable bonds is 16. The van der Waals surface area contributed by atoms with E-state index in [9.17, 15) is 14.7 Å². The van der Waals surface area contributed by atoms with Crippen molar-refractivity contribution in [3.05, 3.63) is 23.5 Å². The van der Waals surface area contributed by atoms with E-state index in [1.807, 2.05) is 6.08 Å². The second-order valence-corrected chi connectivity index (χ2v) is 8.21. The molecule has 0 bridgehead atoms. The van der Waals surface area contributed by atoms with Gasteiger partial charge in [-0.2, -0.15) is 0 Å². The molecule has 0 aliphatic heterocycles. The number of imidazole rings is 1. The van der Waals surface area contributed by atoms with Gasteiger partial charge in [0, 0.05) is 0 Å². The van der Waals surface area contributed by atoms with Crippen molar-refractivity contribution in [2.45, 2.75) is 94.9 Å². The summed E-state index contributed by atoms with van der Waals surface area (Å²) in [7, 11) is 0. The fourth-order valence-corrected chi connectivity index (χ4v) is 3.84. The average Bonchev–Trinajstić information content (AvgIpc) is 3.02. The van der Waals surface area contributed by atoms with E-state index in [1.54, 1.807) is 13.0 Å². The van der Waals surface area contributed by atoms with Crippen molar-refractivity contribution in [3.63, 3.8) is 0 Å². The number of allylic oxidation sites excluding steroid dienone is 1. The van der Waals surface area contributed by atoms with E-state index in [1.165, 1.54) is 57.8 Å². The smallest absolute Gasteiger partial charge is 0.354 e. The van der Waals surface area contributed by atoms with Crippen LogP contribution >= 0.6 is 11.8 Å². The van der Waals surface area contributed by atoms with Crippen molar-refractivity contribution in [1.82, 2.24) is 9.97 Å². The molecule has 28 heavy (non-hydrogen) atoms. The van der Waals surface area contributed by atoms with Crippen molar-refractivity contribution in [1.29, 1.82) is 0 Å². The highest BCUT2D eigenvalue weighted by Gasteiger charge is 2.20. The quantitative estimate of drug-likeness (QED) is 0.180. The maximum absolute atomic E-state index is 11.4. The van der Waals surface area contributed by atoms with Gasteiger partial charge in [0.1, 0.15) is 10.9 Å². The van der Waals surface area contributed by atoms with Crippen molar-refractivity contribution in [3.8, 4) is 0 Å². The molecule has 3 N–H and O–H groups in total. The predicted octanol–water partition coefficient (Wildman–Crippen LogP) is 5.83. The van der Waals surface area contributed by atoms with Gasteiger partial charge >= 0.3 is 11.9 Å². The van der Waals surface area contributed by atoms with Gasteiger partial charge in [0.05, 0.1) is 5.69 Å².